The zero-order valence-corrected chi connectivity index (χ0v) is 11.7. The van der Waals surface area contributed by atoms with Gasteiger partial charge >= 0.3 is 18.1 Å². The molecule has 4 nitrogen and oxygen atoms in total. The van der Waals surface area contributed by atoms with Gasteiger partial charge in [0.15, 0.2) is 5.92 Å². The molecular formula is C14H15F3O4. The molecule has 0 aliphatic rings. The first-order valence-electron chi connectivity index (χ1n) is 6.04. The number of alkyl halides is 3. The summed E-state index contributed by atoms with van der Waals surface area (Å²) in [6.45, 7) is 4.61. The average Bonchev–Trinajstić information content (AvgIpc) is 2.25. The van der Waals surface area contributed by atoms with Crippen LogP contribution in [0.25, 0.3) is 0 Å². The van der Waals surface area contributed by atoms with Crippen LogP contribution in [-0.4, -0.2) is 22.6 Å². The van der Waals surface area contributed by atoms with Gasteiger partial charge in [-0.15, -0.1) is 0 Å². The fourth-order valence-electron chi connectivity index (χ4n) is 1.63. The van der Waals surface area contributed by atoms with Crippen LogP contribution >= 0.6 is 0 Å². The van der Waals surface area contributed by atoms with E-state index in [1.807, 2.05) is 0 Å². The molecular weight excluding hydrogens is 289 g/mol. The van der Waals surface area contributed by atoms with Crippen molar-refractivity contribution in [1.29, 1.82) is 0 Å². The quantitative estimate of drug-likeness (QED) is 0.688. The highest BCUT2D eigenvalue weighted by molar-refractivity contribution is 6.00. The maximum absolute atomic E-state index is 12.6. The number of carbonyl (C=O) groups is 2. The van der Waals surface area contributed by atoms with Crippen molar-refractivity contribution < 1.29 is 32.6 Å². The lowest BCUT2D eigenvalue weighted by Gasteiger charge is -2.22. The van der Waals surface area contributed by atoms with Crippen molar-refractivity contribution >= 4 is 11.9 Å². The largest absolute Gasteiger partial charge is 0.480 e. The monoisotopic (exact) mass is 304 g/mol. The molecule has 1 N–H and O–H groups in total. The van der Waals surface area contributed by atoms with E-state index in [4.69, 9.17) is 9.84 Å². The normalized spacial score (nSPS) is 13.6. The molecule has 0 saturated carbocycles. The summed E-state index contributed by atoms with van der Waals surface area (Å²) in [5, 5.41) is 9.11. The van der Waals surface area contributed by atoms with Gasteiger partial charge in [-0.2, -0.15) is 13.2 Å². The molecule has 0 aliphatic heterocycles. The van der Waals surface area contributed by atoms with Crippen LogP contribution in [0.3, 0.4) is 0 Å². The van der Waals surface area contributed by atoms with E-state index in [0.29, 0.717) is 6.07 Å². The third-order valence-electron chi connectivity index (χ3n) is 2.44. The van der Waals surface area contributed by atoms with Gasteiger partial charge in [0.2, 0.25) is 0 Å². The summed E-state index contributed by atoms with van der Waals surface area (Å²) in [5.74, 6) is -4.47. The van der Waals surface area contributed by atoms with Gasteiger partial charge in [0.25, 0.3) is 0 Å². The molecule has 0 radical (unpaired) electrons. The molecule has 0 saturated heterocycles. The Morgan fingerprint density at radius 2 is 1.76 bits per heavy atom. The third-order valence-corrected chi connectivity index (χ3v) is 2.44. The molecule has 1 aromatic rings. The van der Waals surface area contributed by atoms with Gasteiger partial charge in [-0.05, 0) is 32.4 Å². The predicted octanol–water partition coefficient (Wildman–Crippen LogP) is 3.22. The smallest absolute Gasteiger partial charge is 0.416 e. The van der Waals surface area contributed by atoms with Crippen LogP contribution in [0.4, 0.5) is 13.2 Å². The molecule has 1 aromatic carbocycles. The predicted molar refractivity (Wildman–Crippen MR) is 67.7 cm³/mol. The molecule has 1 unspecified atom stereocenters. The zero-order valence-electron chi connectivity index (χ0n) is 11.7. The Kier molecular flexibility index (Phi) is 4.65. The van der Waals surface area contributed by atoms with E-state index in [1.165, 1.54) is 20.8 Å². The topological polar surface area (TPSA) is 63.6 Å². The fourth-order valence-corrected chi connectivity index (χ4v) is 1.63. The number of carbonyl (C=O) groups excluding carboxylic acids is 1. The van der Waals surface area contributed by atoms with Gasteiger partial charge in [0, 0.05) is 0 Å². The Bertz CT molecular complexity index is 544. The number of halogens is 3. The Morgan fingerprint density at radius 3 is 2.19 bits per heavy atom. The molecule has 0 aromatic heterocycles. The van der Waals surface area contributed by atoms with Crippen molar-refractivity contribution in [2.45, 2.75) is 38.5 Å². The van der Waals surface area contributed by atoms with Crippen LogP contribution in [-0.2, 0) is 20.5 Å². The molecule has 0 aliphatic carbocycles. The molecule has 1 rings (SSSR count). The number of carboxylic acid groups (broad SMARTS) is 1. The second-order valence-corrected chi connectivity index (χ2v) is 5.43. The Hall–Kier alpha value is -2.05. The fraction of sp³-hybridized carbons (Fsp3) is 0.429. The van der Waals surface area contributed by atoms with Crippen molar-refractivity contribution in [1.82, 2.24) is 0 Å². The lowest BCUT2D eigenvalue weighted by atomic mass is 9.97. The van der Waals surface area contributed by atoms with Crippen LogP contribution < -0.4 is 0 Å². The summed E-state index contributed by atoms with van der Waals surface area (Å²) in [7, 11) is 0. The summed E-state index contributed by atoms with van der Waals surface area (Å²) >= 11 is 0. The van der Waals surface area contributed by atoms with Crippen molar-refractivity contribution in [2.75, 3.05) is 0 Å². The number of benzene rings is 1. The molecule has 0 spiro atoms. The van der Waals surface area contributed by atoms with Gasteiger partial charge in [-0.3, -0.25) is 9.59 Å². The number of rotatable bonds is 3. The van der Waals surface area contributed by atoms with E-state index in [9.17, 15) is 22.8 Å². The SMILES string of the molecule is CC(C)(C)OC(=O)C(C(=O)O)c1cccc(C(F)(F)F)c1. The van der Waals surface area contributed by atoms with E-state index in [1.54, 1.807) is 0 Å². The van der Waals surface area contributed by atoms with Crippen LogP contribution in [0, 0.1) is 0 Å². The minimum Gasteiger partial charge on any atom is -0.480 e. The van der Waals surface area contributed by atoms with Crippen LogP contribution in [0.2, 0.25) is 0 Å². The van der Waals surface area contributed by atoms with Crippen LogP contribution in [0.15, 0.2) is 24.3 Å². The first-order chi connectivity index (χ1) is 9.42. The Balaban J connectivity index is 3.19. The number of aliphatic carboxylic acids is 1. The molecule has 1 atom stereocenters. The minimum atomic E-state index is -4.62. The summed E-state index contributed by atoms with van der Waals surface area (Å²) < 4.78 is 42.9. The number of esters is 1. The highest BCUT2D eigenvalue weighted by atomic mass is 19.4. The van der Waals surface area contributed by atoms with Crippen LogP contribution in [0.5, 0.6) is 0 Å². The standard InChI is InChI=1S/C14H15F3O4/c1-13(2,3)21-12(20)10(11(18)19)8-5-4-6-9(7-8)14(15,16)17/h4-7,10H,1-3H3,(H,18,19). The van der Waals surface area contributed by atoms with Crippen molar-refractivity contribution in [3.63, 3.8) is 0 Å². The van der Waals surface area contributed by atoms with E-state index >= 15 is 0 Å². The van der Waals surface area contributed by atoms with Gasteiger partial charge in [0.05, 0.1) is 5.56 Å². The van der Waals surface area contributed by atoms with Gasteiger partial charge in [-0.1, -0.05) is 18.2 Å². The van der Waals surface area contributed by atoms with Crippen molar-refractivity contribution in [3.8, 4) is 0 Å². The second-order valence-electron chi connectivity index (χ2n) is 5.43. The molecule has 116 valence electrons. The lowest BCUT2D eigenvalue weighted by molar-refractivity contribution is -0.162. The molecule has 7 heteroatoms. The van der Waals surface area contributed by atoms with Gasteiger partial charge < -0.3 is 9.84 Å². The van der Waals surface area contributed by atoms with E-state index < -0.39 is 35.2 Å². The lowest BCUT2D eigenvalue weighted by Crippen LogP contribution is -2.31. The van der Waals surface area contributed by atoms with Crippen molar-refractivity contribution in [2.24, 2.45) is 0 Å². The summed E-state index contributed by atoms with van der Waals surface area (Å²) in [6, 6.07) is 3.65. The van der Waals surface area contributed by atoms with E-state index in [-0.39, 0.29) is 5.56 Å². The number of carboxylic acids is 1. The second kappa shape index (κ2) is 5.75. The maximum atomic E-state index is 12.6. The molecule has 0 heterocycles. The minimum absolute atomic E-state index is 0.272. The van der Waals surface area contributed by atoms with Crippen LogP contribution in [0.1, 0.15) is 37.8 Å². The third kappa shape index (κ3) is 4.77. The maximum Gasteiger partial charge on any atom is 0.416 e. The molecule has 0 amide bonds. The van der Waals surface area contributed by atoms with Gasteiger partial charge in [-0.25, -0.2) is 0 Å². The summed E-state index contributed by atoms with van der Waals surface area (Å²) in [6.07, 6.45) is -4.62. The average molecular weight is 304 g/mol. The molecule has 0 fully saturated rings. The Labute approximate surface area is 119 Å². The molecule has 0 bridgehead atoms. The van der Waals surface area contributed by atoms with E-state index in [0.717, 1.165) is 18.2 Å². The number of hydrogen-bond donors (Lipinski definition) is 1. The summed E-state index contributed by atoms with van der Waals surface area (Å²) in [4.78, 5) is 23.1. The van der Waals surface area contributed by atoms with E-state index in [2.05, 4.69) is 0 Å². The number of hydrogen-bond acceptors (Lipinski definition) is 3. The van der Waals surface area contributed by atoms with Crippen molar-refractivity contribution in [3.05, 3.63) is 35.4 Å². The zero-order chi connectivity index (χ0) is 16.4. The molecule has 21 heavy (non-hydrogen) atoms. The first kappa shape index (κ1) is 17.0. The highest BCUT2D eigenvalue weighted by Crippen LogP contribution is 2.31. The number of ether oxygens (including phenoxy) is 1. The Morgan fingerprint density at radius 1 is 1.19 bits per heavy atom. The summed E-state index contributed by atoms with van der Waals surface area (Å²) in [5.41, 5.74) is -2.23. The highest BCUT2D eigenvalue weighted by Gasteiger charge is 2.36. The first-order valence-corrected chi connectivity index (χ1v) is 6.04. The van der Waals surface area contributed by atoms with Gasteiger partial charge in [0.1, 0.15) is 5.60 Å².